The van der Waals surface area contributed by atoms with E-state index in [4.69, 9.17) is 14.2 Å². The topological polar surface area (TPSA) is 78.9 Å². The Morgan fingerprint density at radius 2 is 0.541 bits per heavy atom. The summed E-state index contributed by atoms with van der Waals surface area (Å²) in [5, 5.41) is 0. The van der Waals surface area contributed by atoms with Crippen molar-refractivity contribution in [2.45, 2.75) is 316 Å². The number of ether oxygens (including phenoxy) is 3. The molecule has 0 aliphatic rings. The maximum atomic E-state index is 12.8. The van der Waals surface area contributed by atoms with Crippen LogP contribution in [0.1, 0.15) is 310 Å². The van der Waals surface area contributed by atoms with Gasteiger partial charge < -0.3 is 14.2 Å². The van der Waals surface area contributed by atoms with Gasteiger partial charge in [-0.15, -0.1) is 0 Å². The van der Waals surface area contributed by atoms with E-state index in [0.717, 1.165) is 63.7 Å². The first kappa shape index (κ1) is 59.4. The van der Waals surface area contributed by atoms with Crippen LogP contribution in [0.5, 0.6) is 0 Å². The standard InChI is InChI=1S/C55H106O6/c1-5-7-9-11-13-15-16-23-27-31-35-39-43-47-54(57)60-50-52(49-59-53(56)46-42-38-34-29-14-12-10-8-6-2)61-55(58)48-44-40-36-32-28-25-22-20-18-17-19-21-24-26-30-33-37-41-45-51(3)4/h51-52H,5-50H2,1-4H3/t52-/m0/s1. The Morgan fingerprint density at radius 3 is 0.803 bits per heavy atom. The lowest BCUT2D eigenvalue weighted by atomic mass is 10.0. The zero-order valence-corrected chi connectivity index (χ0v) is 41.6. The molecule has 0 fully saturated rings. The molecule has 1 atom stereocenters. The van der Waals surface area contributed by atoms with Gasteiger partial charge in [-0.2, -0.15) is 0 Å². The molecule has 0 aromatic rings. The fourth-order valence-corrected chi connectivity index (χ4v) is 8.39. The summed E-state index contributed by atoms with van der Waals surface area (Å²) >= 11 is 0. The average Bonchev–Trinajstić information content (AvgIpc) is 3.24. The smallest absolute Gasteiger partial charge is 0.306 e. The van der Waals surface area contributed by atoms with Gasteiger partial charge in [0.15, 0.2) is 6.10 Å². The summed E-state index contributed by atoms with van der Waals surface area (Å²) in [4.78, 5) is 37.9. The highest BCUT2D eigenvalue weighted by molar-refractivity contribution is 5.71. The Hall–Kier alpha value is -1.59. The Morgan fingerprint density at radius 1 is 0.311 bits per heavy atom. The van der Waals surface area contributed by atoms with Crippen molar-refractivity contribution in [3.8, 4) is 0 Å². The Labute approximate surface area is 380 Å². The van der Waals surface area contributed by atoms with Crippen molar-refractivity contribution in [1.82, 2.24) is 0 Å². The fraction of sp³-hybridized carbons (Fsp3) is 0.945. The zero-order valence-electron chi connectivity index (χ0n) is 41.6. The largest absolute Gasteiger partial charge is 0.462 e. The van der Waals surface area contributed by atoms with E-state index in [1.54, 1.807) is 0 Å². The molecule has 0 aromatic carbocycles. The van der Waals surface area contributed by atoms with Crippen LogP contribution in [0.15, 0.2) is 0 Å². The van der Waals surface area contributed by atoms with Gasteiger partial charge in [0, 0.05) is 19.3 Å². The molecular weight excluding hydrogens is 757 g/mol. The van der Waals surface area contributed by atoms with Crippen LogP contribution >= 0.6 is 0 Å². The molecule has 0 amide bonds. The SMILES string of the molecule is CCCCCCCCCCCCCCCC(=O)OC[C@H](COC(=O)CCCCCCCCCCC)OC(=O)CCCCCCCCCCCCCCCCCCCCC(C)C. The summed E-state index contributed by atoms with van der Waals surface area (Å²) < 4.78 is 16.8. The number of carbonyl (C=O) groups is 3. The van der Waals surface area contributed by atoms with Gasteiger partial charge in [0.05, 0.1) is 0 Å². The second kappa shape index (κ2) is 49.4. The molecule has 6 heteroatoms. The maximum absolute atomic E-state index is 12.8. The van der Waals surface area contributed by atoms with E-state index in [9.17, 15) is 14.4 Å². The minimum Gasteiger partial charge on any atom is -0.462 e. The highest BCUT2D eigenvalue weighted by atomic mass is 16.6. The summed E-state index contributed by atoms with van der Waals surface area (Å²) in [7, 11) is 0. The third-order valence-electron chi connectivity index (χ3n) is 12.5. The highest BCUT2D eigenvalue weighted by Gasteiger charge is 2.19. The van der Waals surface area contributed by atoms with Gasteiger partial charge in [0.1, 0.15) is 13.2 Å². The van der Waals surface area contributed by atoms with Crippen molar-refractivity contribution < 1.29 is 28.6 Å². The van der Waals surface area contributed by atoms with Gasteiger partial charge in [-0.3, -0.25) is 14.4 Å². The lowest BCUT2D eigenvalue weighted by Gasteiger charge is -2.18. The molecule has 0 heterocycles. The Bertz CT molecular complexity index is 918. The minimum absolute atomic E-state index is 0.0624. The van der Waals surface area contributed by atoms with Crippen LogP contribution in [0, 0.1) is 5.92 Å². The van der Waals surface area contributed by atoms with Gasteiger partial charge >= 0.3 is 17.9 Å². The molecule has 0 bridgehead atoms. The number of hydrogen-bond acceptors (Lipinski definition) is 6. The van der Waals surface area contributed by atoms with Crippen LogP contribution in [0.3, 0.4) is 0 Å². The van der Waals surface area contributed by atoms with Gasteiger partial charge in [0.25, 0.3) is 0 Å². The lowest BCUT2D eigenvalue weighted by Crippen LogP contribution is -2.30. The summed E-state index contributed by atoms with van der Waals surface area (Å²) in [5.41, 5.74) is 0. The van der Waals surface area contributed by atoms with Gasteiger partial charge in [-0.25, -0.2) is 0 Å². The summed E-state index contributed by atoms with van der Waals surface area (Å²) in [6.45, 7) is 9.04. The van der Waals surface area contributed by atoms with Crippen molar-refractivity contribution in [2.75, 3.05) is 13.2 Å². The van der Waals surface area contributed by atoms with Gasteiger partial charge in [-0.1, -0.05) is 272 Å². The second-order valence-corrected chi connectivity index (χ2v) is 19.3. The molecule has 0 unspecified atom stereocenters. The Balaban J connectivity index is 4.19. The molecule has 0 aliphatic carbocycles. The Kier molecular flexibility index (Phi) is 48.1. The molecule has 0 aromatic heterocycles. The second-order valence-electron chi connectivity index (χ2n) is 19.3. The molecule has 61 heavy (non-hydrogen) atoms. The third kappa shape index (κ3) is 49.3. The van der Waals surface area contributed by atoms with E-state index in [2.05, 4.69) is 27.7 Å². The maximum Gasteiger partial charge on any atom is 0.306 e. The normalized spacial score (nSPS) is 12.0. The van der Waals surface area contributed by atoms with Gasteiger partial charge in [0.2, 0.25) is 0 Å². The molecule has 0 N–H and O–H groups in total. The van der Waals surface area contributed by atoms with E-state index in [1.165, 1.54) is 205 Å². The summed E-state index contributed by atoms with van der Waals surface area (Å²) in [5.74, 6) is 0.0152. The first-order chi connectivity index (χ1) is 29.9. The molecule has 0 aliphatic heterocycles. The van der Waals surface area contributed by atoms with Crippen LogP contribution in [0.4, 0.5) is 0 Å². The predicted molar refractivity (Wildman–Crippen MR) is 261 cm³/mol. The number of unbranched alkanes of at least 4 members (excludes halogenated alkanes) is 37. The first-order valence-corrected chi connectivity index (χ1v) is 27.4. The number of carbonyl (C=O) groups excluding carboxylic acids is 3. The van der Waals surface area contributed by atoms with Gasteiger partial charge in [-0.05, 0) is 25.2 Å². The molecule has 0 rings (SSSR count). The highest BCUT2D eigenvalue weighted by Crippen LogP contribution is 2.18. The first-order valence-electron chi connectivity index (χ1n) is 27.4. The van der Waals surface area contributed by atoms with Crippen molar-refractivity contribution in [3.05, 3.63) is 0 Å². The zero-order chi connectivity index (χ0) is 44.5. The number of esters is 3. The predicted octanol–water partition coefficient (Wildman–Crippen LogP) is 17.8. The van der Waals surface area contributed by atoms with E-state index in [-0.39, 0.29) is 31.1 Å². The average molecular weight is 863 g/mol. The monoisotopic (exact) mass is 863 g/mol. The molecular formula is C55H106O6. The van der Waals surface area contributed by atoms with Crippen LogP contribution in [-0.4, -0.2) is 37.2 Å². The summed E-state index contributed by atoms with van der Waals surface area (Å²) in [6.07, 6.45) is 52.4. The lowest BCUT2D eigenvalue weighted by molar-refractivity contribution is -0.167. The molecule has 6 nitrogen and oxygen atoms in total. The van der Waals surface area contributed by atoms with Crippen LogP contribution in [-0.2, 0) is 28.6 Å². The summed E-state index contributed by atoms with van der Waals surface area (Å²) in [6, 6.07) is 0. The molecule has 0 radical (unpaired) electrons. The van der Waals surface area contributed by atoms with Crippen molar-refractivity contribution in [1.29, 1.82) is 0 Å². The molecule has 0 saturated heterocycles. The van der Waals surface area contributed by atoms with Crippen molar-refractivity contribution in [2.24, 2.45) is 5.92 Å². The van der Waals surface area contributed by atoms with Crippen LogP contribution in [0.25, 0.3) is 0 Å². The van der Waals surface area contributed by atoms with Crippen molar-refractivity contribution in [3.63, 3.8) is 0 Å². The van der Waals surface area contributed by atoms with Crippen LogP contribution in [0.2, 0.25) is 0 Å². The van der Waals surface area contributed by atoms with Crippen LogP contribution < -0.4 is 0 Å². The fourth-order valence-electron chi connectivity index (χ4n) is 8.39. The van der Waals surface area contributed by atoms with E-state index in [1.807, 2.05) is 0 Å². The van der Waals surface area contributed by atoms with E-state index in [0.29, 0.717) is 19.3 Å². The van der Waals surface area contributed by atoms with Crippen molar-refractivity contribution >= 4 is 17.9 Å². The molecule has 0 spiro atoms. The van der Waals surface area contributed by atoms with E-state index >= 15 is 0 Å². The number of hydrogen-bond donors (Lipinski definition) is 0. The van der Waals surface area contributed by atoms with E-state index < -0.39 is 6.10 Å². The number of rotatable bonds is 50. The third-order valence-corrected chi connectivity index (χ3v) is 12.5. The molecule has 362 valence electrons. The quantitative estimate of drug-likeness (QED) is 0.0344. The minimum atomic E-state index is -0.760. The molecule has 0 saturated carbocycles.